The number of aliphatic hydroxyl groups is 1. The molecule has 0 aromatic rings. The monoisotopic (exact) mass is 212 g/mol. The van der Waals surface area contributed by atoms with Gasteiger partial charge in [-0.1, -0.05) is 18.2 Å². The number of hydrogen-bond donors (Lipinski definition) is 1. The van der Waals surface area contributed by atoms with Gasteiger partial charge in [-0.2, -0.15) is 0 Å². The van der Waals surface area contributed by atoms with Crippen molar-refractivity contribution in [3.63, 3.8) is 0 Å². The summed E-state index contributed by atoms with van der Waals surface area (Å²) in [5, 5.41) is 9.91. The Morgan fingerprint density at radius 1 is 1.47 bits per heavy atom. The molecule has 0 unspecified atom stereocenters. The fourth-order valence-corrected chi connectivity index (χ4v) is 1.71. The van der Waals surface area contributed by atoms with Crippen molar-refractivity contribution in [2.45, 2.75) is 51.3 Å². The molecule has 3 nitrogen and oxygen atoms in total. The van der Waals surface area contributed by atoms with Gasteiger partial charge < -0.3 is 14.6 Å². The second kappa shape index (κ2) is 4.92. The lowest BCUT2D eigenvalue weighted by Gasteiger charge is -2.20. The minimum atomic E-state index is -0.638. The highest BCUT2D eigenvalue weighted by atomic mass is 16.8. The van der Waals surface area contributed by atoms with Crippen molar-refractivity contribution in [2.75, 3.05) is 0 Å². The Morgan fingerprint density at radius 3 is 2.67 bits per heavy atom. The maximum absolute atomic E-state index is 9.91. The van der Waals surface area contributed by atoms with Crippen molar-refractivity contribution in [3.05, 3.63) is 24.8 Å². The summed E-state index contributed by atoms with van der Waals surface area (Å²) in [6.07, 6.45) is 4.97. The van der Waals surface area contributed by atoms with Crippen LogP contribution in [0.4, 0.5) is 0 Å². The van der Waals surface area contributed by atoms with E-state index >= 15 is 0 Å². The Balaban J connectivity index is 2.63. The molecule has 1 fully saturated rings. The molecule has 0 amide bonds. The largest absolute Gasteiger partial charge is 0.390 e. The summed E-state index contributed by atoms with van der Waals surface area (Å²) in [7, 11) is 0. The first kappa shape index (κ1) is 12.4. The van der Waals surface area contributed by atoms with Crippen molar-refractivity contribution in [1.82, 2.24) is 0 Å². The van der Waals surface area contributed by atoms with Crippen LogP contribution in [0.3, 0.4) is 0 Å². The lowest BCUT2D eigenvalue weighted by Crippen LogP contribution is -2.34. The first-order valence-corrected chi connectivity index (χ1v) is 5.27. The molecule has 1 N–H and O–H groups in total. The number of allylic oxidation sites excluding steroid dienone is 1. The Hall–Kier alpha value is -0.640. The average Bonchev–Trinajstić information content (AvgIpc) is 2.50. The van der Waals surface area contributed by atoms with Crippen LogP contribution in [0.1, 0.15) is 27.2 Å². The van der Waals surface area contributed by atoms with Gasteiger partial charge in [0, 0.05) is 0 Å². The van der Waals surface area contributed by atoms with Crippen molar-refractivity contribution < 1.29 is 14.6 Å². The molecule has 0 aliphatic carbocycles. The minimum Gasteiger partial charge on any atom is -0.390 e. The summed E-state index contributed by atoms with van der Waals surface area (Å²) in [5.41, 5.74) is 0. The van der Waals surface area contributed by atoms with E-state index in [1.807, 2.05) is 32.9 Å². The van der Waals surface area contributed by atoms with Crippen molar-refractivity contribution in [1.29, 1.82) is 0 Å². The van der Waals surface area contributed by atoms with Crippen LogP contribution < -0.4 is 0 Å². The highest BCUT2D eigenvalue weighted by Crippen LogP contribution is 2.31. The van der Waals surface area contributed by atoms with E-state index in [-0.39, 0.29) is 12.2 Å². The summed E-state index contributed by atoms with van der Waals surface area (Å²) < 4.78 is 11.2. The van der Waals surface area contributed by atoms with Gasteiger partial charge in [-0.25, -0.2) is 0 Å². The Morgan fingerprint density at radius 2 is 2.13 bits per heavy atom. The van der Waals surface area contributed by atoms with Crippen LogP contribution in [0.25, 0.3) is 0 Å². The van der Waals surface area contributed by atoms with Gasteiger partial charge in [-0.05, 0) is 27.2 Å². The van der Waals surface area contributed by atoms with Crippen molar-refractivity contribution >= 4 is 0 Å². The molecule has 0 spiro atoms. The van der Waals surface area contributed by atoms with E-state index in [1.165, 1.54) is 0 Å². The molecule has 0 radical (unpaired) electrons. The zero-order valence-corrected chi connectivity index (χ0v) is 9.64. The van der Waals surface area contributed by atoms with Crippen LogP contribution in [-0.2, 0) is 9.47 Å². The third-order valence-electron chi connectivity index (χ3n) is 2.39. The first-order valence-electron chi connectivity index (χ1n) is 5.27. The van der Waals surface area contributed by atoms with Gasteiger partial charge in [0.05, 0.1) is 6.10 Å². The number of rotatable bonds is 4. The summed E-state index contributed by atoms with van der Waals surface area (Å²) in [4.78, 5) is 0. The van der Waals surface area contributed by atoms with Crippen LogP contribution in [0.2, 0.25) is 0 Å². The van der Waals surface area contributed by atoms with Crippen LogP contribution in [0.5, 0.6) is 0 Å². The molecule has 1 aliphatic heterocycles. The summed E-state index contributed by atoms with van der Waals surface area (Å²) in [6, 6.07) is 0. The first-order chi connectivity index (χ1) is 7.00. The smallest absolute Gasteiger partial charge is 0.164 e. The van der Waals surface area contributed by atoms with Crippen LogP contribution in [0.15, 0.2) is 24.8 Å². The van der Waals surface area contributed by atoms with Gasteiger partial charge in [-0.15, -0.1) is 6.58 Å². The van der Waals surface area contributed by atoms with Crippen LogP contribution >= 0.6 is 0 Å². The number of hydrogen-bond acceptors (Lipinski definition) is 3. The molecular formula is C12H20O3. The summed E-state index contributed by atoms with van der Waals surface area (Å²) in [5.74, 6) is -0.638. The molecule has 0 aromatic carbocycles. The van der Waals surface area contributed by atoms with Gasteiger partial charge in [0.25, 0.3) is 0 Å². The molecule has 86 valence electrons. The fourth-order valence-electron chi connectivity index (χ4n) is 1.71. The molecule has 1 heterocycles. The van der Waals surface area contributed by atoms with E-state index in [9.17, 15) is 5.11 Å². The maximum Gasteiger partial charge on any atom is 0.164 e. The van der Waals surface area contributed by atoms with Gasteiger partial charge in [-0.3, -0.25) is 0 Å². The van der Waals surface area contributed by atoms with E-state index in [2.05, 4.69) is 6.58 Å². The predicted octanol–water partition coefficient (Wildman–Crippen LogP) is 2.02. The topological polar surface area (TPSA) is 38.7 Å². The highest BCUT2D eigenvalue weighted by molar-refractivity contribution is 4.98. The SMILES string of the molecule is C=C[C@@H]1OC(C)(C)O[C@@H]1[C@H](O)C/C=C/C. The third kappa shape index (κ3) is 3.16. The Labute approximate surface area is 91.4 Å². The van der Waals surface area contributed by atoms with E-state index in [0.717, 1.165) is 0 Å². The molecule has 3 heteroatoms. The normalized spacial score (nSPS) is 32.0. The second-order valence-corrected chi connectivity index (χ2v) is 4.17. The zero-order valence-electron chi connectivity index (χ0n) is 9.64. The molecular weight excluding hydrogens is 192 g/mol. The second-order valence-electron chi connectivity index (χ2n) is 4.17. The van der Waals surface area contributed by atoms with Gasteiger partial charge in [0.1, 0.15) is 12.2 Å². The molecule has 0 saturated carbocycles. The van der Waals surface area contributed by atoms with E-state index in [0.29, 0.717) is 6.42 Å². The van der Waals surface area contributed by atoms with Gasteiger partial charge in [0.15, 0.2) is 5.79 Å². The lowest BCUT2D eigenvalue weighted by molar-refractivity contribution is -0.153. The zero-order chi connectivity index (χ0) is 11.5. The molecule has 0 aromatic heterocycles. The standard InChI is InChI=1S/C12H20O3/c1-5-7-8-9(13)11-10(6-2)14-12(3,4)15-11/h5-7,9-11,13H,2,8H2,1,3-4H3/b7-5+/t9-,10+,11-/m1/s1. The van der Waals surface area contributed by atoms with Crippen LogP contribution in [0, 0.1) is 0 Å². The molecule has 1 rings (SSSR count). The molecule has 1 saturated heterocycles. The molecule has 0 bridgehead atoms. The summed E-state index contributed by atoms with van der Waals surface area (Å²) >= 11 is 0. The lowest BCUT2D eigenvalue weighted by atomic mass is 10.1. The van der Waals surface area contributed by atoms with E-state index in [1.54, 1.807) is 6.08 Å². The number of ether oxygens (including phenoxy) is 2. The molecule has 1 aliphatic rings. The average molecular weight is 212 g/mol. The van der Waals surface area contributed by atoms with E-state index in [4.69, 9.17) is 9.47 Å². The van der Waals surface area contributed by atoms with E-state index < -0.39 is 11.9 Å². The van der Waals surface area contributed by atoms with Gasteiger partial charge in [0.2, 0.25) is 0 Å². The van der Waals surface area contributed by atoms with Crippen molar-refractivity contribution in [3.8, 4) is 0 Å². The highest BCUT2D eigenvalue weighted by Gasteiger charge is 2.42. The van der Waals surface area contributed by atoms with Crippen molar-refractivity contribution in [2.24, 2.45) is 0 Å². The predicted molar refractivity (Wildman–Crippen MR) is 59.5 cm³/mol. The molecule has 3 atom stereocenters. The summed E-state index contributed by atoms with van der Waals surface area (Å²) in [6.45, 7) is 9.29. The third-order valence-corrected chi connectivity index (χ3v) is 2.39. The quantitative estimate of drug-likeness (QED) is 0.725. The minimum absolute atomic E-state index is 0.236. The molecule has 15 heavy (non-hydrogen) atoms. The fraction of sp³-hybridized carbons (Fsp3) is 0.667. The maximum atomic E-state index is 9.91. The Kier molecular flexibility index (Phi) is 4.08. The van der Waals surface area contributed by atoms with Gasteiger partial charge >= 0.3 is 0 Å². The number of aliphatic hydroxyl groups excluding tert-OH is 1. The Bertz CT molecular complexity index is 245. The van der Waals surface area contributed by atoms with Crippen LogP contribution in [-0.4, -0.2) is 29.2 Å².